The summed E-state index contributed by atoms with van der Waals surface area (Å²) in [7, 11) is -1.38. The molecule has 0 fully saturated rings. The van der Waals surface area contributed by atoms with Crippen molar-refractivity contribution < 1.29 is 13.7 Å². The van der Waals surface area contributed by atoms with Gasteiger partial charge >= 0.3 is 5.97 Å². The number of carbonyl (C=O) groups excluding carboxylic acids is 1. The molecule has 0 aliphatic rings. The van der Waals surface area contributed by atoms with Crippen LogP contribution in [-0.2, 0) is 15.7 Å². The van der Waals surface area contributed by atoms with Crippen LogP contribution in [0.25, 0.3) is 0 Å². The predicted molar refractivity (Wildman–Crippen MR) is 118 cm³/mol. The molecule has 0 radical (unpaired) electrons. The summed E-state index contributed by atoms with van der Waals surface area (Å²) < 4.78 is 21.2. The third-order valence-electron chi connectivity index (χ3n) is 3.67. The first-order valence-electron chi connectivity index (χ1n) is 8.83. The highest BCUT2D eigenvalue weighted by Gasteiger charge is 2.19. The molecule has 0 bridgehead atoms. The molecule has 0 aromatic heterocycles. The van der Waals surface area contributed by atoms with E-state index in [0.717, 1.165) is 20.9 Å². The van der Waals surface area contributed by atoms with E-state index in [4.69, 9.17) is 16.3 Å². The lowest BCUT2D eigenvalue weighted by atomic mass is 10.1. The van der Waals surface area contributed by atoms with Crippen LogP contribution in [0.4, 0.5) is 0 Å². The van der Waals surface area contributed by atoms with Crippen LogP contribution in [-0.4, -0.2) is 27.7 Å². The number of esters is 1. The molecule has 2 rings (SSSR count). The van der Waals surface area contributed by atoms with E-state index < -0.39 is 15.7 Å². The van der Waals surface area contributed by atoms with Gasteiger partial charge < -0.3 is 4.74 Å². The van der Waals surface area contributed by atoms with E-state index >= 15 is 0 Å². The topological polar surface area (TPSA) is 55.7 Å². The molecule has 28 heavy (non-hydrogen) atoms. The Hall–Kier alpha value is -1.63. The van der Waals surface area contributed by atoms with Gasteiger partial charge in [0, 0.05) is 26.6 Å². The second-order valence-electron chi connectivity index (χ2n) is 7.06. The number of nitrogens with zero attached hydrogens (tertiary/aromatic N) is 1. The molecule has 2 aromatic rings. The number of hydrogen-bond donors (Lipinski definition) is 0. The molecule has 4 nitrogen and oxygen atoms in total. The van der Waals surface area contributed by atoms with Gasteiger partial charge in [-0.15, -0.1) is 0 Å². The van der Waals surface area contributed by atoms with Gasteiger partial charge in [0.05, 0.1) is 16.9 Å². The number of carbonyl (C=O) groups is 1. The molecule has 150 valence electrons. The van der Waals surface area contributed by atoms with Crippen molar-refractivity contribution in [2.24, 2.45) is 4.40 Å². The molecule has 2 aromatic carbocycles. The maximum Gasteiger partial charge on any atom is 0.339 e. The Kier molecular flexibility index (Phi) is 7.87. The molecule has 0 aliphatic heterocycles. The van der Waals surface area contributed by atoms with Gasteiger partial charge in [-0.1, -0.05) is 35.5 Å². The Labute approximate surface area is 178 Å². The van der Waals surface area contributed by atoms with E-state index in [9.17, 15) is 9.00 Å². The Balaban J connectivity index is 2.46. The van der Waals surface area contributed by atoms with Gasteiger partial charge in [0.25, 0.3) is 0 Å². The van der Waals surface area contributed by atoms with Crippen LogP contribution in [0.1, 0.15) is 49.2 Å². The van der Waals surface area contributed by atoms with Gasteiger partial charge in [0.1, 0.15) is 11.0 Å². The Morgan fingerprint density at radius 2 is 1.96 bits per heavy atom. The lowest BCUT2D eigenvalue weighted by molar-refractivity contribution is 0.0522. The largest absolute Gasteiger partial charge is 0.462 e. The molecular formula is C21H24ClNO3S2. The summed E-state index contributed by atoms with van der Waals surface area (Å²) in [4.78, 5) is 14.0. The van der Waals surface area contributed by atoms with Crippen LogP contribution in [0.5, 0.6) is 0 Å². The van der Waals surface area contributed by atoms with Crippen LogP contribution in [0.3, 0.4) is 0 Å². The zero-order valence-electron chi connectivity index (χ0n) is 16.6. The average Bonchev–Trinajstić information content (AvgIpc) is 2.61. The monoisotopic (exact) mass is 437 g/mol. The lowest BCUT2D eigenvalue weighted by Gasteiger charge is -2.15. The molecule has 0 aliphatic carbocycles. The highest BCUT2D eigenvalue weighted by atomic mass is 35.5. The van der Waals surface area contributed by atoms with E-state index in [1.165, 1.54) is 11.8 Å². The summed E-state index contributed by atoms with van der Waals surface area (Å²) in [5.74, 6) is -0.360. The molecule has 0 saturated carbocycles. The van der Waals surface area contributed by atoms with Gasteiger partial charge in [-0.2, -0.15) is 4.40 Å². The van der Waals surface area contributed by atoms with Crippen molar-refractivity contribution in [1.82, 2.24) is 0 Å². The first-order chi connectivity index (χ1) is 13.1. The molecule has 0 N–H and O–H groups in total. The fourth-order valence-electron chi connectivity index (χ4n) is 2.30. The zero-order valence-corrected chi connectivity index (χ0v) is 19.0. The van der Waals surface area contributed by atoms with E-state index in [2.05, 4.69) is 4.40 Å². The van der Waals surface area contributed by atoms with Crippen LogP contribution in [0, 0.1) is 6.92 Å². The number of aryl methyl sites for hydroxylation is 1. The SMILES string of the molecule is CCOC(=O)c1ccccc1Sc1c(C)cc(Cl)cc1C=NS(=O)C(C)(C)C. The van der Waals surface area contributed by atoms with Crippen LogP contribution >= 0.6 is 23.4 Å². The van der Waals surface area contributed by atoms with Crippen molar-refractivity contribution in [3.05, 3.63) is 58.1 Å². The predicted octanol–water partition coefficient (Wildman–Crippen LogP) is 5.86. The van der Waals surface area contributed by atoms with Crippen molar-refractivity contribution >= 4 is 46.5 Å². The lowest BCUT2D eigenvalue weighted by Crippen LogP contribution is -2.19. The zero-order chi connectivity index (χ0) is 20.9. The van der Waals surface area contributed by atoms with Gasteiger partial charge in [0.15, 0.2) is 0 Å². The van der Waals surface area contributed by atoms with E-state index in [1.807, 2.05) is 45.9 Å². The summed E-state index contributed by atoms with van der Waals surface area (Å²) in [6, 6.07) is 10.9. The highest BCUT2D eigenvalue weighted by Crippen LogP contribution is 2.36. The van der Waals surface area contributed by atoms with Gasteiger partial charge in [0.2, 0.25) is 0 Å². The molecule has 7 heteroatoms. The first-order valence-corrected chi connectivity index (χ1v) is 11.1. The van der Waals surface area contributed by atoms with Gasteiger partial charge in [-0.25, -0.2) is 9.00 Å². The van der Waals surface area contributed by atoms with E-state index in [0.29, 0.717) is 17.2 Å². The third-order valence-corrected chi connectivity index (χ3v) is 6.57. The van der Waals surface area contributed by atoms with Crippen molar-refractivity contribution in [3.63, 3.8) is 0 Å². The normalized spacial score (nSPS) is 12.9. The quantitative estimate of drug-likeness (QED) is 0.419. The fourth-order valence-corrected chi connectivity index (χ4v) is 4.18. The molecular weight excluding hydrogens is 414 g/mol. The maximum absolute atomic E-state index is 12.3. The van der Waals surface area contributed by atoms with Crippen molar-refractivity contribution in [1.29, 1.82) is 0 Å². The van der Waals surface area contributed by atoms with Crippen LogP contribution in [0.15, 0.2) is 50.6 Å². The Morgan fingerprint density at radius 1 is 1.29 bits per heavy atom. The molecule has 0 heterocycles. The number of hydrogen-bond acceptors (Lipinski definition) is 4. The average molecular weight is 438 g/mol. The number of benzene rings is 2. The molecule has 1 unspecified atom stereocenters. The molecule has 1 atom stereocenters. The number of ether oxygens (including phenoxy) is 1. The number of halogens is 1. The number of rotatable bonds is 6. The van der Waals surface area contributed by atoms with Crippen molar-refractivity contribution in [2.45, 2.75) is 49.2 Å². The smallest absolute Gasteiger partial charge is 0.339 e. The summed E-state index contributed by atoms with van der Waals surface area (Å²) >= 11 is 7.67. The third kappa shape index (κ3) is 5.93. The highest BCUT2D eigenvalue weighted by molar-refractivity contribution is 7.99. The van der Waals surface area contributed by atoms with E-state index in [1.54, 1.807) is 31.3 Å². The molecule has 0 spiro atoms. The fraction of sp³-hybridized carbons (Fsp3) is 0.333. The van der Waals surface area contributed by atoms with Crippen LogP contribution in [0.2, 0.25) is 5.02 Å². The van der Waals surface area contributed by atoms with Crippen molar-refractivity contribution in [3.8, 4) is 0 Å². The standard InChI is InChI=1S/C21H24ClNO3S2/c1-6-26-20(24)17-9-7-8-10-18(17)27-19-14(2)11-16(22)12-15(19)13-23-28(25)21(3,4)5/h7-13H,6H2,1-5H3. The second-order valence-corrected chi connectivity index (χ2v) is 10.5. The summed E-state index contributed by atoms with van der Waals surface area (Å²) in [6.45, 7) is 9.65. The Bertz CT molecular complexity index is 920. The first kappa shape index (κ1) is 22.7. The minimum atomic E-state index is -1.38. The van der Waals surface area contributed by atoms with Gasteiger partial charge in [-0.3, -0.25) is 0 Å². The molecule has 0 amide bonds. The van der Waals surface area contributed by atoms with Crippen molar-refractivity contribution in [2.75, 3.05) is 6.61 Å². The van der Waals surface area contributed by atoms with E-state index in [-0.39, 0.29) is 5.97 Å². The van der Waals surface area contributed by atoms with Gasteiger partial charge in [-0.05, 0) is 64.4 Å². The summed E-state index contributed by atoms with van der Waals surface area (Å²) in [5, 5.41) is 0.573. The summed E-state index contributed by atoms with van der Waals surface area (Å²) in [5.41, 5.74) is 2.20. The minimum absolute atomic E-state index is 0.314. The molecule has 0 saturated heterocycles. The van der Waals surface area contributed by atoms with Crippen LogP contribution < -0.4 is 0 Å². The summed E-state index contributed by atoms with van der Waals surface area (Å²) in [6.07, 6.45) is 1.59. The maximum atomic E-state index is 12.3. The second kappa shape index (κ2) is 9.72. The Morgan fingerprint density at radius 3 is 2.61 bits per heavy atom. The minimum Gasteiger partial charge on any atom is -0.462 e.